The summed E-state index contributed by atoms with van der Waals surface area (Å²) in [5.41, 5.74) is 6.46. The third-order valence-corrected chi connectivity index (χ3v) is 2.62. The molecule has 3 amide bonds. The van der Waals surface area contributed by atoms with Crippen molar-refractivity contribution < 1.29 is 14.3 Å². The van der Waals surface area contributed by atoms with Crippen molar-refractivity contribution in [1.29, 1.82) is 0 Å². The molecule has 1 heterocycles. The number of nitrogens with one attached hydrogen (secondary N) is 2. The number of nitrogen functional groups attached to an aromatic ring is 1. The number of urea groups is 1. The normalized spacial score (nSPS) is 18.3. The quantitative estimate of drug-likeness (QED) is 0.677. The molecule has 0 radical (unpaired) electrons. The molecule has 0 aromatic heterocycles. The standard InChI is InChI=1S/C12H15N3O3/c13-9-5-3-8(4-6-9)11(16)15-12(17)14-10-2-1-7-18-10/h3-6,10H,1-2,7,13H2,(H2,14,15,16,17). The van der Waals surface area contributed by atoms with E-state index in [0.717, 1.165) is 12.8 Å². The smallest absolute Gasteiger partial charge is 0.323 e. The van der Waals surface area contributed by atoms with Crippen LogP contribution in [0.25, 0.3) is 0 Å². The molecule has 0 bridgehead atoms. The first-order chi connectivity index (χ1) is 8.65. The maximum absolute atomic E-state index is 11.7. The Labute approximate surface area is 104 Å². The van der Waals surface area contributed by atoms with Gasteiger partial charge in [0.05, 0.1) is 0 Å². The summed E-state index contributed by atoms with van der Waals surface area (Å²) in [6, 6.07) is 5.78. The third-order valence-electron chi connectivity index (χ3n) is 2.62. The Hall–Kier alpha value is -2.08. The lowest BCUT2D eigenvalue weighted by molar-refractivity contribution is 0.0867. The topological polar surface area (TPSA) is 93.5 Å². The van der Waals surface area contributed by atoms with Crippen LogP contribution < -0.4 is 16.4 Å². The van der Waals surface area contributed by atoms with Gasteiger partial charge in [0.15, 0.2) is 0 Å². The molecule has 1 aromatic carbocycles. The van der Waals surface area contributed by atoms with Crippen LogP contribution in [-0.2, 0) is 4.74 Å². The minimum atomic E-state index is -0.552. The summed E-state index contributed by atoms with van der Waals surface area (Å²) in [5.74, 6) is -0.467. The van der Waals surface area contributed by atoms with Crippen LogP contribution in [0.5, 0.6) is 0 Å². The van der Waals surface area contributed by atoms with Gasteiger partial charge in [-0.3, -0.25) is 10.1 Å². The number of carbonyl (C=O) groups excluding carboxylic acids is 2. The van der Waals surface area contributed by atoms with Crippen LogP contribution >= 0.6 is 0 Å². The molecule has 18 heavy (non-hydrogen) atoms. The van der Waals surface area contributed by atoms with Crippen molar-refractivity contribution >= 4 is 17.6 Å². The van der Waals surface area contributed by atoms with Gasteiger partial charge >= 0.3 is 6.03 Å². The Kier molecular flexibility index (Phi) is 3.78. The van der Waals surface area contributed by atoms with Crippen molar-refractivity contribution in [3.63, 3.8) is 0 Å². The van der Waals surface area contributed by atoms with E-state index in [-0.39, 0.29) is 6.23 Å². The zero-order valence-electron chi connectivity index (χ0n) is 9.81. The summed E-state index contributed by atoms with van der Waals surface area (Å²) in [4.78, 5) is 23.2. The summed E-state index contributed by atoms with van der Waals surface area (Å²) in [5, 5.41) is 4.81. The molecule has 1 fully saturated rings. The fraction of sp³-hybridized carbons (Fsp3) is 0.333. The molecular weight excluding hydrogens is 234 g/mol. The van der Waals surface area contributed by atoms with Gasteiger partial charge in [-0.15, -0.1) is 0 Å². The Morgan fingerprint density at radius 2 is 2.00 bits per heavy atom. The number of carbonyl (C=O) groups is 2. The van der Waals surface area contributed by atoms with Crippen LogP contribution in [0.4, 0.5) is 10.5 Å². The molecule has 1 aromatic rings. The van der Waals surface area contributed by atoms with Gasteiger partial charge < -0.3 is 15.8 Å². The summed E-state index contributed by atoms with van der Waals surface area (Å²) in [7, 11) is 0. The number of imide groups is 1. The second kappa shape index (κ2) is 5.50. The second-order valence-corrected chi connectivity index (χ2v) is 4.05. The number of amides is 3. The lowest BCUT2D eigenvalue weighted by Gasteiger charge is -2.12. The highest BCUT2D eigenvalue weighted by molar-refractivity contribution is 6.04. The highest BCUT2D eigenvalue weighted by Gasteiger charge is 2.18. The maximum atomic E-state index is 11.7. The van der Waals surface area contributed by atoms with Crippen molar-refractivity contribution in [3.05, 3.63) is 29.8 Å². The molecule has 2 rings (SSSR count). The molecule has 6 heteroatoms. The first-order valence-electron chi connectivity index (χ1n) is 5.74. The Balaban J connectivity index is 1.86. The van der Waals surface area contributed by atoms with E-state index in [1.54, 1.807) is 24.3 Å². The van der Waals surface area contributed by atoms with Gasteiger partial charge in [0.1, 0.15) is 6.23 Å². The first kappa shape index (κ1) is 12.4. The highest BCUT2D eigenvalue weighted by Crippen LogP contribution is 2.09. The van der Waals surface area contributed by atoms with E-state index in [2.05, 4.69) is 10.6 Å². The van der Waals surface area contributed by atoms with E-state index in [1.165, 1.54) is 0 Å². The summed E-state index contributed by atoms with van der Waals surface area (Å²) < 4.78 is 5.23. The van der Waals surface area contributed by atoms with Crippen LogP contribution in [0.1, 0.15) is 23.2 Å². The molecule has 0 aliphatic carbocycles. The average molecular weight is 249 g/mol. The molecule has 96 valence electrons. The summed E-state index contributed by atoms with van der Waals surface area (Å²) >= 11 is 0. The molecule has 1 unspecified atom stereocenters. The number of hydrogen-bond acceptors (Lipinski definition) is 4. The number of hydrogen-bond donors (Lipinski definition) is 3. The van der Waals surface area contributed by atoms with Gasteiger partial charge in [0.2, 0.25) is 0 Å². The van der Waals surface area contributed by atoms with E-state index in [9.17, 15) is 9.59 Å². The van der Waals surface area contributed by atoms with Crippen molar-refractivity contribution in [2.45, 2.75) is 19.1 Å². The molecule has 0 spiro atoms. The minimum absolute atomic E-state index is 0.302. The predicted molar refractivity (Wildman–Crippen MR) is 65.8 cm³/mol. The zero-order chi connectivity index (χ0) is 13.0. The van der Waals surface area contributed by atoms with Crippen LogP contribution in [0.3, 0.4) is 0 Å². The SMILES string of the molecule is Nc1ccc(C(=O)NC(=O)NC2CCCO2)cc1. The number of benzene rings is 1. The van der Waals surface area contributed by atoms with Crippen molar-refractivity contribution in [3.8, 4) is 0 Å². The average Bonchev–Trinajstić information content (AvgIpc) is 2.82. The second-order valence-electron chi connectivity index (χ2n) is 4.05. The monoisotopic (exact) mass is 249 g/mol. The van der Waals surface area contributed by atoms with E-state index in [4.69, 9.17) is 10.5 Å². The molecule has 4 N–H and O–H groups in total. The van der Waals surface area contributed by atoms with Crippen LogP contribution in [0, 0.1) is 0 Å². The molecule has 6 nitrogen and oxygen atoms in total. The van der Waals surface area contributed by atoms with Gasteiger partial charge in [-0.05, 0) is 37.1 Å². The van der Waals surface area contributed by atoms with Crippen molar-refractivity contribution in [2.24, 2.45) is 0 Å². The van der Waals surface area contributed by atoms with Gasteiger partial charge in [-0.2, -0.15) is 0 Å². The Bertz CT molecular complexity index is 438. The van der Waals surface area contributed by atoms with Crippen molar-refractivity contribution in [1.82, 2.24) is 10.6 Å². The lowest BCUT2D eigenvalue weighted by atomic mass is 10.2. The molecule has 0 saturated carbocycles. The van der Waals surface area contributed by atoms with E-state index < -0.39 is 11.9 Å². The van der Waals surface area contributed by atoms with Crippen LogP contribution in [-0.4, -0.2) is 24.8 Å². The first-order valence-corrected chi connectivity index (χ1v) is 5.74. The van der Waals surface area contributed by atoms with E-state index in [1.807, 2.05) is 0 Å². The molecule has 1 atom stereocenters. The van der Waals surface area contributed by atoms with Crippen molar-refractivity contribution in [2.75, 3.05) is 12.3 Å². The van der Waals surface area contributed by atoms with Gasteiger partial charge in [0.25, 0.3) is 5.91 Å². The highest BCUT2D eigenvalue weighted by atomic mass is 16.5. The summed E-state index contributed by atoms with van der Waals surface area (Å²) in [6.45, 7) is 0.636. The molecular formula is C12H15N3O3. The fourth-order valence-corrected chi connectivity index (χ4v) is 1.68. The fourth-order valence-electron chi connectivity index (χ4n) is 1.68. The molecule has 1 saturated heterocycles. The largest absolute Gasteiger partial charge is 0.399 e. The van der Waals surface area contributed by atoms with Gasteiger partial charge in [0, 0.05) is 17.9 Å². The van der Waals surface area contributed by atoms with E-state index in [0.29, 0.717) is 17.9 Å². The Morgan fingerprint density at radius 1 is 1.28 bits per heavy atom. The zero-order valence-corrected chi connectivity index (χ0v) is 9.81. The third kappa shape index (κ3) is 3.21. The number of ether oxygens (including phenoxy) is 1. The minimum Gasteiger partial charge on any atom is -0.399 e. The Morgan fingerprint density at radius 3 is 2.61 bits per heavy atom. The van der Waals surface area contributed by atoms with Crippen LogP contribution in [0.2, 0.25) is 0 Å². The van der Waals surface area contributed by atoms with Gasteiger partial charge in [-0.1, -0.05) is 0 Å². The number of anilines is 1. The molecule has 1 aliphatic rings. The van der Waals surface area contributed by atoms with E-state index >= 15 is 0 Å². The number of rotatable bonds is 2. The lowest BCUT2D eigenvalue weighted by Crippen LogP contribution is -2.44. The summed E-state index contributed by atoms with van der Waals surface area (Å²) in [6.07, 6.45) is 1.38. The van der Waals surface area contributed by atoms with Gasteiger partial charge in [-0.25, -0.2) is 4.79 Å². The number of nitrogens with two attached hydrogens (primary N) is 1. The predicted octanol–water partition coefficient (Wildman–Crippen LogP) is 0.845. The van der Waals surface area contributed by atoms with Crippen LogP contribution in [0.15, 0.2) is 24.3 Å². The maximum Gasteiger partial charge on any atom is 0.323 e. The molecule has 1 aliphatic heterocycles.